The van der Waals surface area contributed by atoms with Crippen LogP contribution >= 0.6 is 0 Å². The van der Waals surface area contributed by atoms with Crippen LogP contribution in [0.2, 0.25) is 0 Å². The average Bonchev–Trinajstić information content (AvgIpc) is 2.29. The minimum absolute atomic E-state index is 0.604. The molecule has 0 aliphatic rings. The number of allylic oxidation sites excluding steroid dienone is 1. The largest absolute Gasteiger partial charge is 0.317 e. The van der Waals surface area contributed by atoms with Gasteiger partial charge in [0.1, 0.15) is 0 Å². The standard InChI is InChI=1S/C16H25N/c1-13(2)8-10-16(17-4)11-9-15-7-5-6-14(3)12-15/h5-7,12,16-17H,1,8-11H2,2-4H3. The topological polar surface area (TPSA) is 12.0 Å². The molecule has 0 aliphatic carbocycles. The van der Waals surface area contributed by atoms with E-state index in [2.05, 4.69) is 57.1 Å². The number of hydrogen-bond donors (Lipinski definition) is 1. The highest BCUT2D eigenvalue weighted by Gasteiger charge is 2.06. The van der Waals surface area contributed by atoms with Crippen molar-refractivity contribution >= 4 is 0 Å². The summed E-state index contributed by atoms with van der Waals surface area (Å²) in [5, 5.41) is 3.40. The molecule has 1 rings (SSSR count). The van der Waals surface area contributed by atoms with Crippen LogP contribution in [-0.4, -0.2) is 13.1 Å². The van der Waals surface area contributed by atoms with Crippen molar-refractivity contribution in [3.63, 3.8) is 0 Å². The Morgan fingerprint density at radius 2 is 2.12 bits per heavy atom. The fourth-order valence-electron chi connectivity index (χ4n) is 2.06. The lowest BCUT2D eigenvalue weighted by atomic mass is 9.99. The molecule has 0 bridgehead atoms. The van der Waals surface area contributed by atoms with Crippen molar-refractivity contribution in [1.29, 1.82) is 0 Å². The molecule has 0 aromatic heterocycles. The molecule has 1 N–H and O–H groups in total. The summed E-state index contributed by atoms with van der Waals surface area (Å²) in [6, 6.07) is 9.41. The average molecular weight is 231 g/mol. The molecule has 17 heavy (non-hydrogen) atoms. The van der Waals surface area contributed by atoms with Gasteiger partial charge in [0.2, 0.25) is 0 Å². The molecule has 0 spiro atoms. The van der Waals surface area contributed by atoms with E-state index in [1.165, 1.54) is 29.5 Å². The number of nitrogens with one attached hydrogen (secondary N) is 1. The molecule has 0 amide bonds. The lowest BCUT2D eigenvalue weighted by molar-refractivity contribution is 0.489. The predicted octanol–water partition coefficient (Wildman–Crippen LogP) is 3.87. The second kappa shape index (κ2) is 7.29. The van der Waals surface area contributed by atoms with E-state index >= 15 is 0 Å². The molecule has 94 valence electrons. The lowest BCUT2D eigenvalue weighted by Crippen LogP contribution is -2.25. The zero-order valence-electron chi connectivity index (χ0n) is 11.4. The molecule has 0 aliphatic heterocycles. The third-order valence-electron chi connectivity index (χ3n) is 3.19. The Bertz CT molecular complexity index is 354. The van der Waals surface area contributed by atoms with Gasteiger partial charge in [0.25, 0.3) is 0 Å². The van der Waals surface area contributed by atoms with Crippen LogP contribution in [0.4, 0.5) is 0 Å². The maximum absolute atomic E-state index is 3.96. The Hall–Kier alpha value is -1.08. The van der Waals surface area contributed by atoms with Crippen LogP contribution in [0.25, 0.3) is 0 Å². The molecule has 0 saturated carbocycles. The quantitative estimate of drug-likeness (QED) is 0.702. The predicted molar refractivity (Wildman–Crippen MR) is 76.4 cm³/mol. The summed E-state index contributed by atoms with van der Waals surface area (Å²) in [7, 11) is 2.05. The fraction of sp³-hybridized carbons (Fsp3) is 0.500. The second-order valence-corrected chi connectivity index (χ2v) is 5.01. The molecule has 1 atom stereocenters. The smallest absolute Gasteiger partial charge is 0.00702 e. The summed E-state index contributed by atoms with van der Waals surface area (Å²) < 4.78 is 0. The van der Waals surface area contributed by atoms with Crippen molar-refractivity contribution in [3.8, 4) is 0 Å². The van der Waals surface area contributed by atoms with Gasteiger partial charge < -0.3 is 5.32 Å². The highest BCUT2D eigenvalue weighted by atomic mass is 14.9. The van der Waals surface area contributed by atoms with E-state index in [-0.39, 0.29) is 0 Å². The molecule has 1 heteroatoms. The normalized spacial score (nSPS) is 12.4. The number of hydrogen-bond acceptors (Lipinski definition) is 1. The summed E-state index contributed by atoms with van der Waals surface area (Å²) in [6.45, 7) is 8.22. The summed E-state index contributed by atoms with van der Waals surface area (Å²) in [5.41, 5.74) is 4.08. The van der Waals surface area contributed by atoms with E-state index in [1.54, 1.807) is 0 Å². The van der Waals surface area contributed by atoms with Gasteiger partial charge in [-0.15, -0.1) is 6.58 Å². The molecule has 1 nitrogen and oxygen atoms in total. The monoisotopic (exact) mass is 231 g/mol. The van der Waals surface area contributed by atoms with Gasteiger partial charge in [-0.1, -0.05) is 35.4 Å². The molecule has 1 aromatic carbocycles. The maximum Gasteiger partial charge on any atom is 0.00702 e. The van der Waals surface area contributed by atoms with Crippen LogP contribution in [0.5, 0.6) is 0 Å². The Kier molecular flexibility index (Phi) is 5.99. The van der Waals surface area contributed by atoms with Gasteiger partial charge in [-0.25, -0.2) is 0 Å². The zero-order chi connectivity index (χ0) is 12.7. The first-order valence-corrected chi connectivity index (χ1v) is 6.49. The van der Waals surface area contributed by atoms with Crippen molar-refractivity contribution < 1.29 is 0 Å². The van der Waals surface area contributed by atoms with Crippen LogP contribution in [-0.2, 0) is 6.42 Å². The molecule has 0 heterocycles. The van der Waals surface area contributed by atoms with E-state index in [0.717, 1.165) is 12.8 Å². The van der Waals surface area contributed by atoms with Gasteiger partial charge in [-0.3, -0.25) is 0 Å². The van der Waals surface area contributed by atoms with Gasteiger partial charge in [0, 0.05) is 6.04 Å². The van der Waals surface area contributed by atoms with Gasteiger partial charge in [0.15, 0.2) is 0 Å². The van der Waals surface area contributed by atoms with Gasteiger partial charge in [0.05, 0.1) is 0 Å². The highest BCUT2D eigenvalue weighted by Crippen LogP contribution is 2.12. The summed E-state index contributed by atoms with van der Waals surface area (Å²) in [6.07, 6.45) is 4.67. The van der Waals surface area contributed by atoms with Crippen molar-refractivity contribution in [2.24, 2.45) is 0 Å². The van der Waals surface area contributed by atoms with Crippen molar-refractivity contribution in [1.82, 2.24) is 5.32 Å². The Morgan fingerprint density at radius 3 is 2.71 bits per heavy atom. The third kappa shape index (κ3) is 5.69. The minimum Gasteiger partial charge on any atom is -0.317 e. The van der Waals surface area contributed by atoms with Gasteiger partial charge in [-0.05, 0) is 52.1 Å². The zero-order valence-corrected chi connectivity index (χ0v) is 11.4. The number of benzene rings is 1. The molecular weight excluding hydrogens is 206 g/mol. The van der Waals surface area contributed by atoms with Crippen molar-refractivity contribution in [2.75, 3.05) is 7.05 Å². The van der Waals surface area contributed by atoms with Gasteiger partial charge in [-0.2, -0.15) is 0 Å². The first kappa shape index (κ1) is 14.0. The van der Waals surface area contributed by atoms with Crippen LogP contribution < -0.4 is 5.32 Å². The SMILES string of the molecule is C=C(C)CCC(CCc1cccc(C)c1)NC. The molecule has 0 fully saturated rings. The fourth-order valence-corrected chi connectivity index (χ4v) is 2.06. The van der Waals surface area contributed by atoms with Crippen molar-refractivity contribution in [2.45, 2.75) is 45.6 Å². The van der Waals surface area contributed by atoms with Crippen LogP contribution in [0.15, 0.2) is 36.4 Å². The molecule has 0 saturated heterocycles. The number of rotatable bonds is 7. The lowest BCUT2D eigenvalue weighted by Gasteiger charge is -2.16. The maximum atomic E-state index is 3.96. The summed E-state index contributed by atoms with van der Waals surface area (Å²) in [4.78, 5) is 0. The Balaban J connectivity index is 2.39. The van der Waals surface area contributed by atoms with Gasteiger partial charge >= 0.3 is 0 Å². The van der Waals surface area contributed by atoms with E-state index in [4.69, 9.17) is 0 Å². The Labute approximate surface area is 106 Å². The first-order valence-electron chi connectivity index (χ1n) is 6.49. The first-order chi connectivity index (χ1) is 8.11. The van der Waals surface area contributed by atoms with E-state index in [9.17, 15) is 0 Å². The van der Waals surface area contributed by atoms with Crippen LogP contribution in [0, 0.1) is 6.92 Å². The minimum atomic E-state index is 0.604. The number of aryl methyl sites for hydroxylation is 2. The van der Waals surface area contributed by atoms with Crippen LogP contribution in [0.1, 0.15) is 37.3 Å². The van der Waals surface area contributed by atoms with E-state index in [1.807, 2.05) is 0 Å². The highest BCUT2D eigenvalue weighted by molar-refractivity contribution is 5.22. The van der Waals surface area contributed by atoms with Crippen LogP contribution in [0.3, 0.4) is 0 Å². The molecule has 1 aromatic rings. The summed E-state index contributed by atoms with van der Waals surface area (Å²) in [5.74, 6) is 0. The third-order valence-corrected chi connectivity index (χ3v) is 3.19. The Morgan fingerprint density at radius 1 is 1.35 bits per heavy atom. The van der Waals surface area contributed by atoms with E-state index < -0.39 is 0 Å². The second-order valence-electron chi connectivity index (χ2n) is 5.01. The van der Waals surface area contributed by atoms with Crippen molar-refractivity contribution in [3.05, 3.63) is 47.5 Å². The summed E-state index contributed by atoms with van der Waals surface area (Å²) >= 11 is 0. The molecule has 0 radical (unpaired) electrons. The molecular formula is C16H25N. The molecule has 1 unspecified atom stereocenters. The van der Waals surface area contributed by atoms with E-state index in [0.29, 0.717) is 6.04 Å².